The quantitative estimate of drug-likeness (QED) is 0.678. The molecule has 0 unspecified atom stereocenters. The Balaban J connectivity index is 2.01. The van der Waals surface area contributed by atoms with Gasteiger partial charge in [0.15, 0.2) is 6.10 Å². The third kappa shape index (κ3) is 2.64. The molecule has 18 heavy (non-hydrogen) atoms. The molecule has 0 spiro atoms. The molecule has 2 saturated heterocycles. The van der Waals surface area contributed by atoms with Gasteiger partial charge in [-0.25, -0.2) is 0 Å². The number of piperidine rings is 1. The van der Waals surface area contributed by atoms with Gasteiger partial charge in [0.2, 0.25) is 11.8 Å². The van der Waals surface area contributed by atoms with Crippen LogP contribution in [-0.4, -0.2) is 54.6 Å². The minimum Gasteiger partial charge on any atom is -0.367 e. The van der Waals surface area contributed by atoms with Crippen LogP contribution in [0.15, 0.2) is 0 Å². The van der Waals surface area contributed by atoms with E-state index in [0.717, 1.165) is 25.8 Å². The summed E-state index contributed by atoms with van der Waals surface area (Å²) in [7, 11) is 0. The molecule has 2 rings (SSSR count). The molecule has 2 fully saturated rings. The van der Waals surface area contributed by atoms with Crippen molar-refractivity contribution < 1.29 is 14.3 Å². The summed E-state index contributed by atoms with van der Waals surface area (Å²) in [6.07, 6.45) is 2.33. The molecule has 2 atom stereocenters. The molecule has 3 N–H and O–H groups in total. The van der Waals surface area contributed by atoms with Gasteiger partial charge in [-0.15, -0.1) is 0 Å². The summed E-state index contributed by atoms with van der Waals surface area (Å²) < 4.78 is 5.25. The lowest BCUT2D eigenvalue weighted by Gasteiger charge is -2.40. The zero-order valence-corrected chi connectivity index (χ0v) is 10.8. The summed E-state index contributed by atoms with van der Waals surface area (Å²) in [6, 6.07) is 0. The standard InChI is InChI=1S/C12H21N3O3/c1-12(4-2-3-5-14-12)11(17)15-6-7-18-9(8-15)10(13)16/h9,14H,2-8H2,1H3,(H2,13,16)/t9-,12+/m0/s1. The zero-order valence-electron chi connectivity index (χ0n) is 10.8. The Labute approximate surface area is 107 Å². The van der Waals surface area contributed by atoms with Crippen molar-refractivity contribution in [2.24, 2.45) is 5.73 Å². The lowest BCUT2D eigenvalue weighted by atomic mass is 9.89. The van der Waals surface area contributed by atoms with E-state index < -0.39 is 17.6 Å². The Morgan fingerprint density at radius 2 is 2.22 bits per heavy atom. The lowest BCUT2D eigenvalue weighted by molar-refractivity contribution is -0.150. The van der Waals surface area contributed by atoms with Gasteiger partial charge in [-0.05, 0) is 32.7 Å². The van der Waals surface area contributed by atoms with Gasteiger partial charge in [0, 0.05) is 6.54 Å². The van der Waals surface area contributed by atoms with Crippen LogP contribution in [0.1, 0.15) is 26.2 Å². The van der Waals surface area contributed by atoms with Crippen molar-refractivity contribution >= 4 is 11.8 Å². The maximum absolute atomic E-state index is 12.5. The van der Waals surface area contributed by atoms with Gasteiger partial charge >= 0.3 is 0 Å². The van der Waals surface area contributed by atoms with E-state index in [0.29, 0.717) is 13.2 Å². The molecule has 0 radical (unpaired) electrons. The predicted octanol–water partition coefficient (Wildman–Crippen LogP) is -0.769. The van der Waals surface area contributed by atoms with E-state index in [1.54, 1.807) is 4.90 Å². The normalized spacial score (nSPS) is 33.2. The highest BCUT2D eigenvalue weighted by atomic mass is 16.5. The van der Waals surface area contributed by atoms with E-state index in [-0.39, 0.29) is 12.5 Å². The number of carbonyl (C=O) groups is 2. The summed E-state index contributed by atoms with van der Waals surface area (Å²) in [5, 5.41) is 3.29. The van der Waals surface area contributed by atoms with Crippen molar-refractivity contribution in [1.29, 1.82) is 0 Å². The Bertz CT molecular complexity index is 339. The lowest BCUT2D eigenvalue weighted by Crippen LogP contribution is -2.61. The van der Waals surface area contributed by atoms with Gasteiger partial charge in [-0.2, -0.15) is 0 Å². The van der Waals surface area contributed by atoms with Crippen LogP contribution in [0.3, 0.4) is 0 Å². The maximum Gasteiger partial charge on any atom is 0.248 e. The van der Waals surface area contributed by atoms with Gasteiger partial charge in [0.1, 0.15) is 0 Å². The van der Waals surface area contributed by atoms with Crippen molar-refractivity contribution in [3.63, 3.8) is 0 Å². The van der Waals surface area contributed by atoms with E-state index in [4.69, 9.17) is 10.5 Å². The second-order valence-corrected chi connectivity index (χ2v) is 5.23. The van der Waals surface area contributed by atoms with Crippen LogP contribution >= 0.6 is 0 Å². The second kappa shape index (κ2) is 5.24. The van der Waals surface area contributed by atoms with Gasteiger partial charge < -0.3 is 20.7 Å². The van der Waals surface area contributed by atoms with E-state index in [1.165, 1.54) is 0 Å². The fourth-order valence-corrected chi connectivity index (χ4v) is 2.59. The SMILES string of the molecule is C[C@]1(C(=O)N2CCO[C@H](C(N)=O)C2)CCCCN1. The number of hydrogen-bond acceptors (Lipinski definition) is 4. The zero-order chi connectivity index (χ0) is 13.2. The highest BCUT2D eigenvalue weighted by Crippen LogP contribution is 2.22. The first-order chi connectivity index (χ1) is 8.53. The van der Waals surface area contributed by atoms with E-state index >= 15 is 0 Å². The summed E-state index contributed by atoms with van der Waals surface area (Å²) in [5.41, 5.74) is 4.72. The van der Waals surface area contributed by atoms with Crippen LogP contribution in [0.25, 0.3) is 0 Å². The molecule has 0 aromatic heterocycles. The molecular formula is C12H21N3O3. The Morgan fingerprint density at radius 3 is 2.83 bits per heavy atom. The number of nitrogens with two attached hydrogens (primary N) is 1. The fourth-order valence-electron chi connectivity index (χ4n) is 2.59. The fraction of sp³-hybridized carbons (Fsp3) is 0.833. The number of nitrogens with zero attached hydrogens (tertiary/aromatic N) is 1. The van der Waals surface area contributed by atoms with Crippen LogP contribution in [0.5, 0.6) is 0 Å². The molecule has 102 valence electrons. The number of morpholine rings is 1. The minimum atomic E-state index is -0.671. The first kappa shape index (κ1) is 13.3. The van der Waals surface area contributed by atoms with Crippen LogP contribution in [0, 0.1) is 0 Å². The number of ether oxygens (including phenoxy) is 1. The van der Waals surface area contributed by atoms with Crippen molar-refractivity contribution in [3.05, 3.63) is 0 Å². The first-order valence-corrected chi connectivity index (χ1v) is 6.48. The molecule has 0 aromatic carbocycles. The summed E-state index contributed by atoms with van der Waals surface area (Å²) in [6.45, 7) is 3.97. The van der Waals surface area contributed by atoms with Crippen LogP contribution in [-0.2, 0) is 14.3 Å². The number of rotatable bonds is 2. The van der Waals surface area contributed by atoms with Gasteiger partial charge in [-0.1, -0.05) is 0 Å². The molecule has 6 heteroatoms. The van der Waals surface area contributed by atoms with Crippen molar-refractivity contribution in [2.75, 3.05) is 26.2 Å². The topological polar surface area (TPSA) is 84.7 Å². The third-order valence-corrected chi connectivity index (χ3v) is 3.76. The van der Waals surface area contributed by atoms with Crippen molar-refractivity contribution in [3.8, 4) is 0 Å². The first-order valence-electron chi connectivity index (χ1n) is 6.48. The molecule has 0 aromatic rings. The monoisotopic (exact) mass is 255 g/mol. The molecule has 6 nitrogen and oxygen atoms in total. The second-order valence-electron chi connectivity index (χ2n) is 5.23. The molecule has 0 bridgehead atoms. The average Bonchev–Trinajstić information content (AvgIpc) is 2.39. The molecular weight excluding hydrogens is 234 g/mol. The molecule has 2 aliphatic heterocycles. The molecule has 2 aliphatic rings. The summed E-state index contributed by atoms with van der Waals surface area (Å²) in [5.74, 6) is -0.453. The number of amides is 2. The van der Waals surface area contributed by atoms with Crippen molar-refractivity contribution in [2.45, 2.75) is 37.8 Å². The van der Waals surface area contributed by atoms with E-state index in [1.807, 2.05) is 6.92 Å². The number of hydrogen-bond donors (Lipinski definition) is 2. The van der Waals surface area contributed by atoms with Crippen molar-refractivity contribution in [1.82, 2.24) is 10.2 Å². The maximum atomic E-state index is 12.5. The summed E-state index contributed by atoms with van der Waals surface area (Å²) >= 11 is 0. The van der Waals surface area contributed by atoms with Gasteiger partial charge in [0.25, 0.3) is 0 Å². The van der Waals surface area contributed by atoms with E-state index in [9.17, 15) is 9.59 Å². The number of primary amides is 1. The highest BCUT2D eigenvalue weighted by Gasteiger charge is 2.39. The largest absolute Gasteiger partial charge is 0.367 e. The highest BCUT2D eigenvalue weighted by molar-refractivity contribution is 5.87. The Morgan fingerprint density at radius 1 is 1.44 bits per heavy atom. The summed E-state index contributed by atoms with van der Waals surface area (Å²) in [4.78, 5) is 25.3. The predicted molar refractivity (Wildman–Crippen MR) is 65.8 cm³/mol. The van der Waals surface area contributed by atoms with Crippen LogP contribution in [0.2, 0.25) is 0 Å². The average molecular weight is 255 g/mol. The third-order valence-electron chi connectivity index (χ3n) is 3.76. The van der Waals surface area contributed by atoms with E-state index in [2.05, 4.69) is 5.32 Å². The molecule has 2 amide bonds. The van der Waals surface area contributed by atoms with Crippen LogP contribution in [0.4, 0.5) is 0 Å². The van der Waals surface area contributed by atoms with Gasteiger partial charge in [-0.3, -0.25) is 9.59 Å². The van der Waals surface area contributed by atoms with Gasteiger partial charge in [0.05, 0.1) is 18.7 Å². The number of nitrogens with one attached hydrogen (secondary N) is 1. The Hall–Kier alpha value is -1.14. The molecule has 2 heterocycles. The molecule has 0 saturated carbocycles. The minimum absolute atomic E-state index is 0.0525. The van der Waals surface area contributed by atoms with Crippen LogP contribution < -0.4 is 11.1 Å². The Kier molecular flexibility index (Phi) is 3.87. The molecule has 0 aliphatic carbocycles. The number of carbonyl (C=O) groups excluding carboxylic acids is 2. The smallest absolute Gasteiger partial charge is 0.248 e.